The van der Waals surface area contributed by atoms with Gasteiger partial charge in [0.25, 0.3) is 0 Å². The molecular formula is C25H28N4O2. The van der Waals surface area contributed by atoms with E-state index in [0.717, 1.165) is 49.4 Å². The molecule has 1 fully saturated rings. The van der Waals surface area contributed by atoms with E-state index < -0.39 is 0 Å². The van der Waals surface area contributed by atoms with Gasteiger partial charge in [-0.25, -0.2) is 4.79 Å². The SMILES string of the molecule is Cc1ccc(CCN2CCN(C(=O)Oc3ccc(Cc4ccccn4)cc3)CC2)nc1. The second kappa shape index (κ2) is 10.2. The lowest BCUT2D eigenvalue weighted by molar-refractivity contribution is 0.111. The normalized spacial score (nSPS) is 14.4. The number of carbonyl (C=O) groups is 1. The first-order valence-corrected chi connectivity index (χ1v) is 10.8. The van der Waals surface area contributed by atoms with Gasteiger partial charge in [0.2, 0.25) is 0 Å². The average molecular weight is 417 g/mol. The minimum absolute atomic E-state index is 0.280. The zero-order chi connectivity index (χ0) is 21.5. The van der Waals surface area contributed by atoms with Crippen LogP contribution >= 0.6 is 0 Å². The van der Waals surface area contributed by atoms with Crippen molar-refractivity contribution >= 4 is 6.09 Å². The number of carbonyl (C=O) groups excluding carboxylic acids is 1. The highest BCUT2D eigenvalue weighted by Gasteiger charge is 2.22. The quantitative estimate of drug-likeness (QED) is 0.613. The van der Waals surface area contributed by atoms with Gasteiger partial charge in [0.15, 0.2) is 0 Å². The number of aryl methyl sites for hydroxylation is 1. The molecule has 0 unspecified atom stereocenters. The van der Waals surface area contributed by atoms with Gasteiger partial charge in [-0.05, 0) is 48.4 Å². The summed E-state index contributed by atoms with van der Waals surface area (Å²) in [5.41, 5.74) is 4.44. The molecule has 2 aromatic heterocycles. The fourth-order valence-electron chi connectivity index (χ4n) is 3.63. The molecule has 1 aliphatic heterocycles. The summed E-state index contributed by atoms with van der Waals surface area (Å²) >= 11 is 0. The Morgan fingerprint density at radius 3 is 2.42 bits per heavy atom. The molecule has 0 aliphatic carbocycles. The molecule has 6 heteroatoms. The lowest BCUT2D eigenvalue weighted by Crippen LogP contribution is -2.49. The Morgan fingerprint density at radius 2 is 1.74 bits per heavy atom. The number of hydrogen-bond acceptors (Lipinski definition) is 5. The summed E-state index contributed by atoms with van der Waals surface area (Å²) in [4.78, 5) is 25.5. The Bertz CT molecular complexity index is 967. The third-order valence-electron chi connectivity index (χ3n) is 5.53. The summed E-state index contributed by atoms with van der Waals surface area (Å²) in [6, 6.07) is 17.7. The fraction of sp³-hybridized carbons (Fsp3) is 0.320. The highest BCUT2D eigenvalue weighted by atomic mass is 16.6. The highest BCUT2D eigenvalue weighted by Crippen LogP contribution is 2.16. The van der Waals surface area contributed by atoms with Gasteiger partial charge in [0.05, 0.1) is 0 Å². The number of aromatic nitrogens is 2. The van der Waals surface area contributed by atoms with Gasteiger partial charge in [-0.3, -0.25) is 14.9 Å². The minimum atomic E-state index is -0.280. The van der Waals surface area contributed by atoms with E-state index >= 15 is 0 Å². The molecule has 0 spiro atoms. The maximum absolute atomic E-state index is 12.5. The van der Waals surface area contributed by atoms with Crippen molar-refractivity contribution in [2.75, 3.05) is 32.7 Å². The molecular weight excluding hydrogens is 388 g/mol. The van der Waals surface area contributed by atoms with Crippen molar-refractivity contribution in [2.24, 2.45) is 0 Å². The molecule has 1 saturated heterocycles. The average Bonchev–Trinajstić information content (AvgIpc) is 2.81. The van der Waals surface area contributed by atoms with Crippen LogP contribution in [0.4, 0.5) is 4.79 Å². The van der Waals surface area contributed by atoms with Crippen LogP contribution in [0.1, 0.15) is 22.5 Å². The minimum Gasteiger partial charge on any atom is -0.410 e. The van der Waals surface area contributed by atoms with Gasteiger partial charge in [-0.2, -0.15) is 0 Å². The fourth-order valence-corrected chi connectivity index (χ4v) is 3.63. The molecule has 0 bridgehead atoms. The van der Waals surface area contributed by atoms with Crippen LogP contribution in [0.3, 0.4) is 0 Å². The standard InChI is InChI=1S/C25H28N4O2/c1-20-5-8-22(27-19-20)11-13-28-14-16-29(17-15-28)25(30)31-24-9-6-21(7-10-24)18-23-4-2-3-12-26-23/h2-10,12,19H,11,13-18H2,1H3. The summed E-state index contributed by atoms with van der Waals surface area (Å²) in [5.74, 6) is 0.572. The van der Waals surface area contributed by atoms with E-state index in [0.29, 0.717) is 18.8 Å². The van der Waals surface area contributed by atoms with Crippen LogP contribution < -0.4 is 4.74 Å². The molecule has 1 aromatic carbocycles. The third kappa shape index (κ3) is 6.12. The summed E-state index contributed by atoms with van der Waals surface area (Å²) in [5, 5.41) is 0. The highest BCUT2D eigenvalue weighted by molar-refractivity contribution is 5.70. The van der Waals surface area contributed by atoms with E-state index in [9.17, 15) is 4.79 Å². The first-order valence-electron chi connectivity index (χ1n) is 10.8. The Labute approximate surface area is 183 Å². The molecule has 0 N–H and O–H groups in total. The predicted octanol–water partition coefficient (Wildman–Crippen LogP) is 3.73. The number of pyridine rings is 2. The first-order chi connectivity index (χ1) is 15.2. The van der Waals surface area contributed by atoms with Crippen LogP contribution in [-0.4, -0.2) is 58.6 Å². The zero-order valence-corrected chi connectivity index (χ0v) is 17.9. The largest absolute Gasteiger partial charge is 0.415 e. The topological polar surface area (TPSA) is 58.6 Å². The van der Waals surface area contributed by atoms with E-state index in [2.05, 4.69) is 27.0 Å². The maximum atomic E-state index is 12.5. The second-order valence-corrected chi connectivity index (χ2v) is 7.92. The molecule has 0 saturated carbocycles. The Hall–Kier alpha value is -3.25. The second-order valence-electron chi connectivity index (χ2n) is 7.92. The summed E-state index contributed by atoms with van der Waals surface area (Å²) in [6.07, 6.45) is 5.11. The van der Waals surface area contributed by atoms with E-state index in [1.165, 1.54) is 5.56 Å². The smallest absolute Gasteiger partial charge is 0.410 e. The van der Waals surface area contributed by atoms with E-state index in [-0.39, 0.29) is 6.09 Å². The van der Waals surface area contributed by atoms with E-state index in [1.807, 2.05) is 55.6 Å². The van der Waals surface area contributed by atoms with Gasteiger partial charge >= 0.3 is 6.09 Å². The van der Waals surface area contributed by atoms with E-state index in [4.69, 9.17) is 4.74 Å². The summed E-state index contributed by atoms with van der Waals surface area (Å²) in [6.45, 7) is 6.06. The van der Waals surface area contributed by atoms with Crippen LogP contribution in [0.15, 0.2) is 67.0 Å². The number of piperazine rings is 1. The van der Waals surface area contributed by atoms with Gasteiger partial charge < -0.3 is 9.64 Å². The molecule has 0 atom stereocenters. The van der Waals surface area contributed by atoms with Crippen LogP contribution in [0.2, 0.25) is 0 Å². The number of benzene rings is 1. The van der Waals surface area contributed by atoms with Crippen molar-refractivity contribution in [1.82, 2.24) is 19.8 Å². The Morgan fingerprint density at radius 1 is 0.935 bits per heavy atom. The monoisotopic (exact) mass is 416 g/mol. The third-order valence-corrected chi connectivity index (χ3v) is 5.53. The summed E-state index contributed by atoms with van der Waals surface area (Å²) in [7, 11) is 0. The molecule has 3 aromatic rings. The molecule has 6 nitrogen and oxygen atoms in total. The molecule has 0 radical (unpaired) electrons. The van der Waals surface area contributed by atoms with Crippen LogP contribution in [0.5, 0.6) is 5.75 Å². The molecule has 3 heterocycles. The molecule has 1 amide bonds. The van der Waals surface area contributed by atoms with Gasteiger partial charge in [-0.15, -0.1) is 0 Å². The van der Waals surface area contributed by atoms with Gasteiger partial charge in [-0.1, -0.05) is 24.3 Å². The molecule has 1 aliphatic rings. The summed E-state index contributed by atoms with van der Waals surface area (Å²) < 4.78 is 5.58. The van der Waals surface area contributed by atoms with Crippen molar-refractivity contribution < 1.29 is 9.53 Å². The van der Waals surface area contributed by atoms with Gasteiger partial charge in [0.1, 0.15) is 5.75 Å². The first kappa shape index (κ1) is 21.0. The van der Waals surface area contributed by atoms with Crippen LogP contribution in [0, 0.1) is 6.92 Å². The van der Waals surface area contributed by atoms with Crippen LogP contribution in [0.25, 0.3) is 0 Å². The Balaban J connectivity index is 1.21. The lowest BCUT2D eigenvalue weighted by atomic mass is 10.1. The number of rotatable bonds is 6. The van der Waals surface area contributed by atoms with Crippen molar-refractivity contribution in [1.29, 1.82) is 0 Å². The molecule has 4 rings (SSSR count). The number of amides is 1. The van der Waals surface area contributed by atoms with Crippen molar-refractivity contribution in [3.63, 3.8) is 0 Å². The number of ether oxygens (including phenoxy) is 1. The zero-order valence-electron chi connectivity index (χ0n) is 17.9. The number of hydrogen-bond donors (Lipinski definition) is 0. The maximum Gasteiger partial charge on any atom is 0.415 e. The van der Waals surface area contributed by atoms with Crippen molar-refractivity contribution in [3.05, 3.63) is 89.5 Å². The van der Waals surface area contributed by atoms with Crippen LogP contribution in [-0.2, 0) is 12.8 Å². The van der Waals surface area contributed by atoms with E-state index in [1.54, 1.807) is 11.1 Å². The predicted molar refractivity (Wildman–Crippen MR) is 120 cm³/mol. The number of nitrogens with zero attached hydrogens (tertiary/aromatic N) is 4. The molecule has 160 valence electrons. The van der Waals surface area contributed by atoms with Gasteiger partial charge in [0, 0.05) is 69.3 Å². The lowest BCUT2D eigenvalue weighted by Gasteiger charge is -2.33. The molecule has 31 heavy (non-hydrogen) atoms. The Kier molecular flexibility index (Phi) is 6.89. The van der Waals surface area contributed by atoms with Crippen molar-refractivity contribution in [3.8, 4) is 5.75 Å². The van der Waals surface area contributed by atoms with Crippen molar-refractivity contribution in [2.45, 2.75) is 19.8 Å².